The largest absolute Gasteiger partial charge is 0.354 e. The van der Waals surface area contributed by atoms with Crippen LogP contribution in [-0.4, -0.2) is 43.9 Å². The summed E-state index contributed by atoms with van der Waals surface area (Å²) < 4.78 is 1.93. The highest BCUT2D eigenvalue weighted by Crippen LogP contribution is 2.23. The Balaban J connectivity index is 1.66. The summed E-state index contributed by atoms with van der Waals surface area (Å²) in [5.41, 5.74) is 3.81. The van der Waals surface area contributed by atoms with Crippen LogP contribution in [0.5, 0.6) is 0 Å². The number of piperidine rings is 1. The minimum absolute atomic E-state index is 0.00974. The molecule has 1 amide bonds. The van der Waals surface area contributed by atoms with E-state index in [9.17, 15) is 4.79 Å². The van der Waals surface area contributed by atoms with Gasteiger partial charge in [0.05, 0.1) is 5.69 Å². The van der Waals surface area contributed by atoms with E-state index in [1.807, 2.05) is 35.7 Å². The van der Waals surface area contributed by atoms with Crippen LogP contribution in [0.2, 0.25) is 0 Å². The average Bonchev–Trinajstić information content (AvgIpc) is 3.13. The van der Waals surface area contributed by atoms with Crippen LogP contribution in [0.1, 0.15) is 61.1 Å². The molecule has 6 heteroatoms. The zero-order chi connectivity index (χ0) is 18.2. The van der Waals surface area contributed by atoms with Crippen molar-refractivity contribution in [3.05, 3.63) is 34.9 Å². The van der Waals surface area contributed by atoms with Crippen molar-refractivity contribution in [3.8, 4) is 0 Å². The molecule has 1 aliphatic rings. The number of nitrogens with one attached hydrogen (secondary N) is 1. The van der Waals surface area contributed by atoms with Crippen LogP contribution in [0, 0.1) is 19.8 Å². The highest BCUT2D eigenvalue weighted by Gasteiger charge is 2.27. The van der Waals surface area contributed by atoms with E-state index in [4.69, 9.17) is 0 Å². The van der Waals surface area contributed by atoms with Gasteiger partial charge in [-0.25, -0.2) is 0 Å². The molecule has 2 aromatic heterocycles. The van der Waals surface area contributed by atoms with Crippen molar-refractivity contribution < 1.29 is 4.79 Å². The summed E-state index contributed by atoms with van der Waals surface area (Å²) >= 11 is 0. The number of nitrogens with zero attached hydrogens (tertiary/aromatic N) is 4. The number of carbonyl (C=O) groups excluding carboxylic acids is 1. The molecule has 2 aromatic rings. The number of amides is 1. The molecule has 0 radical (unpaired) electrons. The fourth-order valence-electron chi connectivity index (χ4n) is 3.50. The van der Waals surface area contributed by atoms with Crippen molar-refractivity contribution in [1.82, 2.24) is 24.9 Å². The molecule has 1 N–H and O–H groups in total. The number of H-pyrrole nitrogens is 1. The third-order valence-electron chi connectivity index (χ3n) is 4.92. The van der Waals surface area contributed by atoms with Crippen LogP contribution >= 0.6 is 0 Å². The van der Waals surface area contributed by atoms with E-state index < -0.39 is 0 Å². The summed E-state index contributed by atoms with van der Waals surface area (Å²) in [5.74, 6) is 0.535. The molecule has 1 unspecified atom stereocenters. The van der Waals surface area contributed by atoms with Gasteiger partial charge in [0, 0.05) is 36.9 Å². The van der Waals surface area contributed by atoms with Crippen LogP contribution in [0.4, 0.5) is 0 Å². The molecule has 3 heterocycles. The first-order valence-corrected chi connectivity index (χ1v) is 9.10. The monoisotopic (exact) mass is 343 g/mol. The Morgan fingerprint density at radius 3 is 2.72 bits per heavy atom. The number of likely N-dealkylation sites (tertiary alicyclic amines) is 1. The summed E-state index contributed by atoms with van der Waals surface area (Å²) in [5, 5.41) is 8.58. The quantitative estimate of drug-likeness (QED) is 0.931. The van der Waals surface area contributed by atoms with Crippen LogP contribution in [0.3, 0.4) is 0 Å². The second kappa shape index (κ2) is 6.65. The maximum absolute atomic E-state index is 12.8. The summed E-state index contributed by atoms with van der Waals surface area (Å²) in [6.45, 7) is 12.8. The van der Waals surface area contributed by atoms with E-state index >= 15 is 0 Å². The third-order valence-corrected chi connectivity index (χ3v) is 4.92. The molecule has 0 aromatic carbocycles. The van der Waals surface area contributed by atoms with Gasteiger partial charge < -0.3 is 9.88 Å². The number of rotatable bonds is 3. The smallest absolute Gasteiger partial charge is 0.270 e. The first-order valence-electron chi connectivity index (χ1n) is 9.10. The van der Waals surface area contributed by atoms with Gasteiger partial charge in [0.1, 0.15) is 5.69 Å². The molecule has 0 saturated carbocycles. The first kappa shape index (κ1) is 17.7. The molecule has 136 valence electrons. The van der Waals surface area contributed by atoms with Crippen molar-refractivity contribution in [3.63, 3.8) is 0 Å². The van der Waals surface area contributed by atoms with E-state index in [0.29, 0.717) is 5.92 Å². The lowest BCUT2D eigenvalue weighted by Crippen LogP contribution is -2.41. The highest BCUT2D eigenvalue weighted by atomic mass is 16.2. The van der Waals surface area contributed by atoms with Crippen molar-refractivity contribution in [1.29, 1.82) is 0 Å². The Hall–Kier alpha value is -2.11. The summed E-state index contributed by atoms with van der Waals surface area (Å²) in [4.78, 5) is 18.0. The summed E-state index contributed by atoms with van der Waals surface area (Å²) in [7, 11) is 0. The van der Waals surface area contributed by atoms with Gasteiger partial charge in [-0.05, 0) is 44.2 Å². The van der Waals surface area contributed by atoms with Crippen LogP contribution in [0.15, 0.2) is 12.3 Å². The first-order chi connectivity index (χ1) is 11.7. The van der Waals surface area contributed by atoms with Gasteiger partial charge in [-0.3, -0.25) is 9.48 Å². The van der Waals surface area contributed by atoms with Gasteiger partial charge in [-0.1, -0.05) is 26.0 Å². The standard InChI is InChI=1S/C19H29N5O/c1-13-9-14(2)20-17(13)18(25)23-8-6-7-15(10-23)11-24-12-16(21-22-24)19(3,4)5/h9,12,15,20H,6-8,10-11H2,1-5H3. The van der Waals surface area contributed by atoms with Gasteiger partial charge in [0.25, 0.3) is 5.91 Å². The maximum Gasteiger partial charge on any atom is 0.270 e. The molecule has 1 saturated heterocycles. The van der Waals surface area contributed by atoms with Crippen LogP contribution < -0.4 is 0 Å². The number of aromatic amines is 1. The van der Waals surface area contributed by atoms with Crippen molar-refractivity contribution >= 4 is 5.91 Å². The van der Waals surface area contributed by atoms with Gasteiger partial charge in [0.2, 0.25) is 0 Å². The van der Waals surface area contributed by atoms with Crippen molar-refractivity contribution in [2.75, 3.05) is 13.1 Å². The fourth-order valence-corrected chi connectivity index (χ4v) is 3.50. The molecule has 0 aliphatic carbocycles. The number of aryl methyl sites for hydroxylation is 2. The Bertz CT molecular complexity index is 752. The Morgan fingerprint density at radius 1 is 1.36 bits per heavy atom. The predicted molar refractivity (Wildman–Crippen MR) is 97.6 cm³/mol. The molecule has 3 rings (SSSR count). The average molecular weight is 343 g/mol. The zero-order valence-corrected chi connectivity index (χ0v) is 16.0. The number of hydrogen-bond acceptors (Lipinski definition) is 3. The Morgan fingerprint density at radius 2 is 2.12 bits per heavy atom. The van der Waals surface area contributed by atoms with E-state index in [1.165, 1.54) is 0 Å². The number of aromatic nitrogens is 4. The van der Waals surface area contributed by atoms with Gasteiger partial charge in [-0.15, -0.1) is 5.10 Å². The fraction of sp³-hybridized carbons (Fsp3) is 0.632. The molecule has 1 fully saturated rings. The van der Waals surface area contributed by atoms with Crippen molar-refractivity contribution in [2.45, 2.75) is 59.4 Å². The number of hydrogen-bond donors (Lipinski definition) is 1. The second-order valence-corrected chi connectivity index (χ2v) is 8.35. The lowest BCUT2D eigenvalue weighted by molar-refractivity contribution is 0.0653. The number of carbonyl (C=O) groups is 1. The highest BCUT2D eigenvalue weighted by molar-refractivity contribution is 5.94. The summed E-state index contributed by atoms with van der Waals surface area (Å²) in [6, 6.07) is 2.03. The molecular weight excluding hydrogens is 314 g/mol. The molecule has 0 bridgehead atoms. The van der Waals surface area contributed by atoms with Gasteiger partial charge in [0.15, 0.2) is 0 Å². The second-order valence-electron chi connectivity index (χ2n) is 8.35. The molecular formula is C19H29N5O. The normalized spacial score (nSPS) is 18.6. The van der Waals surface area contributed by atoms with Crippen LogP contribution in [-0.2, 0) is 12.0 Å². The Kier molecular flexibility index (Phi) is 4.71. The maximum atomic E-state index is 12.8. The molecule has 6 nitrogen and oxygen atoms in total. The zero-order valence-electron chi connectivity index (χ0n) is 16.0. The van der Waals surface area contributed by atoms with Crippen LogP contribution in [0.25, 0.3) is 0 Å². The van der Waals surface area contributed by atoms with Gasteiger partial charge in [-0.2, -0.15) is 0 Å². The van der Waals surface area contributed by atoms with Gasteiger partial charge >= 0.3 is 0 Å². The van der Waals surface area contributed by atoms with E-state index in [0.717, 1.165) is 55.1 Å². The van der Waals surface area contributed by atoms with E-state index in [-0.39, 0.29) is 11.3 Å². The van der Waals surface area contributed by atoms with E-state index in [2.05, 4.69) is 36.1 Å². The topological polar surface area (TPSA) is 66.8 Å². The predicted octanol–water partition coefficient (Wildman–Crippen LogP) is 3.07. The molecule has 1 aliphatic heterocycles. The Labute approximate surface area is 149 Å². The molecule has 0 spiro atoms. The lowest BCUT2D eigenvalue weighted by Gasteiger charge is -2.32. The van der Waals surface area contributed by atoms with E-state index in [1.54, 1.807) is 0 Å². The third kappa shape index (κ3) is 3.94. The molecule has 1 atom stereocenters. The minimum atomic E-state index is 0.00974. The minimum Gasteiger partial charge on any atom is -0.354 e. The lowest BCUT2D eigenvalue weighted by atomic mass is 9.93. The van der Waals surface area contributed by atoms with Crippen molar-refractivity contribution in [2.24, 2.45) is 5.92 Å². The summed E-state index contributed by atoms with van der Waals surface area (Å²) in [6.07, 6.45) is 4.20. The molecule has 25 heavy (non-hydrogen) atoms. The SMILES string of the molecule is Cc1cc(C)c(C(=O)N2CCCC(Cn3cc(C(C)(C)C)nn3)C2)[nH]1.